The number of carbonyl (C=O) groups excluding carboxylic acids is 1. The molecule has 0 aliphatic carbocycles. The number of methoxy groups -OCH3 is 1. The summed E-state index contributed by atoms with van der Waals surface area (Å²) in [5, 5.41) is 7.10. The van der Waals surface area contributed by atoms with Crippen LogP contribution in [-0.4, -0.2) is 29.2 Å². The molecule has 142 valence electrons. The van der Waals surface area contributed by atoms with Gasteiger partial charge < -0.3 is 14.6 Å². The van der Waals surface area contributed by atoms with Gasteiger partial charge in [-0.15, -0.1) is 11.3 Å². The van der Waals surface area contributed by atoms with Crippen LogP contribution in [0, 0.1) is 0 Å². The van der Waals surface area contributed by atoms with E-state index in [-0.39, 0.29) is 5.91 Å². The van der Waals surface area contributed by atoms with Crippen molar-refractivity contribution in [3.63, 3.8) is 0 Å². The number of halogens is 1. The Hall–Kier alpha value is -2.67. The Morgan fingerprint density at radius 3 is 2.89 bits per heavy atom. The molecule has 2 aromatic carbocycles. The quantitative estimate of drug-likeness (QED) is 0.467. The summed E-state index contributed by atoms with van der Waals surface area (Å²) in [5.41, 5.74) is 3.12. The van der Waals surface area contributed by atoms with Crippen molar-refractivity contribution in [2.75, 3.05) is 19.0 Å². The normalized spacial score (nSPS) is 11.1. The largest absolute Gasteiger partial charge is 0.383 e. The van der Waals surface area contributed by atoms with E-state index in [9.17, 15) is 4.79 Å². The van der Waals surface area contributed by atoms with Gasteiger partial charge in [0.25, 0.3) is 5.91 Å². The number of thiazole rings is 1. The molecule has 4 rings (SSSR count). The summed E-state index contributed by atoms with van der Waals surface area (Å²) < 4.78 is 7.44. The molecule has 0 saturated carbocycles. The topological polar surface area (TPSA) is 56.2 Å². The minimum atomic E-state index is -0.260. The summed E-state index contributed by atoms with van der Waals surface area (Å²) in [6, 6.07) is 17.3. The lowest BCUT2D eigenvalue weighted by Crippen LogP contribution is -2.12. The van der Waals surface area contributed by atoms with E-state index < -0.39 is 0 Å². The van der Waals surface area contributed by atoms with Gasteiger partial charge >= 0.3 is 0 Å². The van der Waals surface area contributed by atoms with Crippen LogP contribution in [0.1, 0.15) is 10.5 Å². The molecule has 4 aromatic rings. The lowest BCUT2D eigenvalue weighted by atomic mass is 10.2. The fourth-order valence-electron chi connectivity index (χ4n) is 3.07. The summed E-state index contributed by atoms with van der Waals surface area (Å²) in [6.45, 7) is 1.31. The standard InChI is InChI=1S/C21H18ClN3O2S/c1-27-10-9-25-18-8-3-2-5-14(18)11-19(25)21-24-17(13-28-21)20(26)23-16-7-4-6-15(22)12-16/h2-8,11-13H,9-10H2,1H3,(H,23,26). The smallest absolute Gasteiger partial charge is 0.275 e. The highest BCUT2D eigenvalue weighted by molar-refractivity contribution is 7.13. The lowest BCUT2D eigenvalue weighted by Gasteiger charge is -2.08. The monoisotopic (exact) mass is 411 g/mol. The first kappa shape index (κ1) is 18.7. The summed E-state index contributed by atoms with van der Waals surface area (Å²) in [7, 11) is 1.69. The van der Waals surface area contributed by atoms with E-state index in [0.717, 1.165) is 21.6 Å². The predicted octanol–water partition coefficient (Wildman–Crippen LogP) is 5.32. The number of fused-ring (bicyclic) bond motifs is 1. The molecule has 0 radical (unpaired) electrons. The zero-order valence-electron chi connectivity index (χ0n) is 15.2. The molecule has 0 unspecified atom stereocenters. The van der Waals surface area contributed by atoms with Gasteiger partial charge in [0.2, 0.25) is 0 Å². The molecule has 0 aliphatic heterocycles. The number of anilines is 1. The van der Waals surface area contributed by atoms with Gasteiger partial charge in [0.1, 0.15) is 10.7 Å². The molecule has 2 aromatic heterocycles. The molecule has 1 N–H and O–H groups in total. The fraction of sp³-hybridized carbons (Fsp3) is 0.143. The minimum Gasteiger partial charge on any atom is -0.383 e. The van der Waals surface area contributed by atoms with Crippen molar-refractivity contribution in [3.8, 4) is 10.7 Å². The van der Waals surface area contributed by atoms with Crippen molar-refractivity contribution in [3.05, 3.63) is 70.7 Å². The van der Waals surface area contributed by atoms with Crippen LogP contribution in [0.15, 0.2) is 60.0 Å². The second kappa shape index (κ2) is 8.14. The van der Waals surface area contributed by atoms with Crippen molar-refractivity contribution in [2.24, 2.45) is 0 Å². The first-order valence-electron chi connectivity index (χ1n) is 8.76. The molecular weight excluding hydrogens is 394 g/mol. The number of amides is 1. The molecule has 5 nitrogen and oxygen atoms in total. The Kier molecular flexibility index (Phi) is 5.43. The van der Waals surface area contributed by atoms with Gasteiger partial charge in [0.05, 0.1) is 12.3 Å². The number of benzene rings is 2. The summed E-state index contributed by atoms with van der Waals surface area (Å²) in [6.07, 6.45) is 0. The molecular formula is C21H18ClN3O2S. The SMILES string of the molecule is COCCn1c(-c2nc(C(=O)Nc3cccc(Cl)c3)cs2)cc2ccccc21. The van der Waals surface area contributed by atoms with E-state index in [4.69, 9.17) is 16.3 Å². The van der Waals surface area contributed by atoms with Crippen molar-refractivity contribution in [2.45, 2.75) is 6.54 Å². The maximum Gasteiger partial charge on any atom is 0.275 e. The van der Waals surface area contributed by atoms with E-state index in [2.05, 4.69) is 33.1 Å². The average Bonchev–Trinajstić information content (AvgIpc) is 3.31. The molecule has 0 spiro atoms. The van der Waals surface area contributed by atoms with Gasteiger partial charge in [0.15, 0.2) is 0 Å². The highest BCUT2D eigenvalue weighted by atomic mass is 35.5. The maximum absolute atomic E-state index is 12.6. The van der Waals surface area contributed by atoms with Gasteiger partial charge in [-0.2, -0.15) is 0 Å². The van der Waals surface area contributed by atoms with E-state index in [1.165, 1.54) is 11.3 Å². The molecule has 0 saturated heterocycles. The van der Waals surface area contributed by atoms with Gasteiger partial charge in [-0.25, -0.2) is 4.98 Å². The minimum absolute atomic E-state index is 0.260. The van der Waals surface area contributed by atoms with Crippen LogP contribution in [0.2, 0.25) is 5.02 Å². The van der Waals surface area contributed by atoms with Gasteiger partial charge in [0, 0.05) is 40.6 Å². The lowest BCUT2D eigenvalue weighted by molar-refractivity contribution is 0.102. The first-order chi connectivity index (χ1) is 13.7. The van der Waals surface area contributed by atoms with E-state index in [1.807, 2.05) is 12.1 Å². The Balaban J connectivity index is 1.64. The number of nitrogens with zero attached hydrogens (tertiary/aromatic N) is 2. The molecule has 2 heterocycles. The predicted molar refractivity (Wildman–Crippen MR) is 114 cm³/mol. The fourth-order valence-corrected chi connectivity index (χ4v) is 4.08. The third kappa shape index (κ3) is 3.80. The van der Waals surface area contributed by atoms with Crippen molar-refractivity contribution in [1.82, 2.24) is 9.55 Å². The van der Waals surface area contributed by atoms with Crippen LogP contribution >= 0.6 is 22.9 Å². The van der Waals surface area contributed by atoms with E-state index >= 15 is 0 Å². The number of nitrogens with one attached hydrogen (secondary N) is 1. The number of hydrogen-bond donors (Lipinski definition) is 1. The Morgan fingerprint density at radius 1 is 1.21 bits per heavy atom. The molecule has 7 heteroatoms. The van der Waals surface area contributed by atoms with Crippen LogP contribution in [0.5, 0.6) is 0 Å². The number of ether oxygens (including phenoxy) is 1. The summed E-state index contributed by atoms with van der Waals surface area (Å²) in [4.78, 5) is 17.1. The van der Waals surface area contributed by atoms with E-state index in [1.54, 1.807) is 36.8 Å². The first-order valence-corrected chi connectivity index (χ1v) is 10.0. The van der Waals surface area contributed by atoms with Gasteiger partial charge in [-0.1, -0.05) is 35.9 Å². The molecule has 28 heavy (non-hydrogen) atoms. The highest BCUT2D eigenvalue weighted by Crippen LogP contribution is 2.30. The number of carbonyl (C=O) groups is 1. The number of rotatable bonds is 6. The molecule has 0 fully saturated rings. The number of aromatic nitrogens is 2. The zero-order valence-corrected chi connectivity index (χ0v) is 16.8. The van der Waals surface area contributed by atoms with Gasteiger partial charge in [-0.05, 0) is 30.3 Å². The van der Waals surface area contributed by atoms with Crippen molar-refractivity contribution in [1.29, 1.82) is 0 Å². The van der Waals surface area contributed by atoms with Gasteiger partial charge in [-0.3, -0.25) is 4.79 Å². The Labute approximate surface area is 171 Å². The molecule has 0 atom stereocenters. The summed E-state index contributed by atoms with van der Waals surface area (Å²) in [5.74, 6) is -0.260. The zero-order chi connectivity index (χ0) is 19.5. The second-order valence-electron chi connectivity index (χ2n) is 6.24. The highest BCUT2D eigenvalue weighted by Gasteiger charge is 2.16. The van der Waals surface area contributed by atoms with Crippen LogP contribution < -0.4 is 5.32 Å². The van der Waals surface area contributed by atoms with Crippen LogP contribution in [0.4, 0.5) is 5.69 Å². The molecule has 1 amide bonds. The van der Waals surface area contributed by atoms with Crippen LogP contribution in [-0.2, 0) is 11.3 Å². The van der Waals surface area contributed by atoms with Crippen molar-refractivity contribution >= 4 is 45.4 Å². The van der Waals surface area contributed by atoms with E-state index in [0.29, 0.717) is 29.6 Å². The second-order valence-corrected chi connectivity index (χ2v) is 7.53. The maximum atomic E-state index is 12.6. The number of para-hydroxylation sites is 1. The molecule has 0 bridgehead atoms. The van der Waals surface area contributed by atoms with Crippen molar-refractivity contribution < 1.29 is 9.53 Å². The third-order valence-electron chi connectivity index (χ3n) is 4.37. The summed E-state index contributed by atoms with van der Waals surface area (Å²) >= 11 is 7.43. The van der Waals surface area contributed by atoms with Crippen LogP contribution in [0.25, 0.3) is 21.6 Å². The Bertz CT molecular complexity index is 1140. The number of hydrogen-bond acceptors (Lipinski definition) is 4. The Morgan fingerprint density at radius 2 is 2.07 bits per heavy atom. The average molecular weight is 412 g/mol. The molecule has 0 aliphatic rings. The third-order valence-corrected chi connectivity index (χ3v) is 5.47. The van der Waals surface area contributed by atoms with Crippen LogP contribution in [0.3, 0.4) is 0 Å².